The standard InChI is InChI=1S/C16H23N5/c1-21(12-5-4-9-18-10-8-12)11-15-19-14-7-3-2-6-13(14)16(17)20-15/h2-3,6-7,12,18H,4-5,8-11H2,1H3,(H2,17,19,20). The fourth-order valence-electron chi connectivity index (χ4n) is 3.02. The number of nitrogens with zero attached hydrogens (tertiary/aromatic N) is 3. The molecule has 0 amide bonds. The van der Waals surface area contributed by atoms with Gasteiger partial charge in [0.05, 0.1) is 12.1 Å². The molecule has 21 heavy (non-hydrogen) atoms. The first kappa shape index (κ1) is 14.2. The van der Waals surface area contributed by atoms with E-state index in [-0.39, 0.29) is 0 Å². The Morgan fingerprint density at radius 1 is 1.24 bits per heavy atom. The molecule has 0 saturated carbocycles. The van der Waals surface area contributed by atoms with Crippen molar-refractivity contribution < 1.29 is 0 Å². The van der Waals surface area contributed by atoms with Crippen LogP contribution >= 0.6 is 0 Å². The van der Waals surface area contributed by atoms with Gasteiger partial charge in [0.2, 0.25) is 0 Å². The number of nitrogens with one attached hydrogen (secondary N) is 1. The Bertz CT molecular complexity index is 605. The molecule has 1 aliphatic rings. The Morgan fingerprint density at radius 2 is 2.10 bits per heavy atom. The Kier molecular flexibility index (Phi) is 4.31. The van der Waals surface area contributed by atoms with Crippen molar-refractivity contribution in [1.82, 2.24) is 20.2 Å². The molecule has 1 aliphatic heterocycles. The normalized spacial score (nSPS) is 19.8. The molecule has 1 saturated heterocycles. The predicted molar refractivity (Wildman–Crippen MR) is 85.9 cm³/mol. The van der Waals surface area contributed by atoms with Gasteiger partial charge < -0.3 is 11.1 Å². The lowest BCUT2D eigenvalue weighted by Gasteiger charge is -2.26. The molecule has 112 valence electrons. The summed E-state index contributed by atoms with van der Waals surface area (Å²) in [6.07, 6.45) is 3.64. The molecular weight excluding hydrogens is 262 g/mol. The topological polar surface area (TPSA) is 67.1 Å². The van der Waals surface area contributed by atoms with E-state index in [1.807, 2.05) is 24.3 Å². The monoisotopic (exact) mass is 285 g/mol. The fraction of sp³-hybridized carbons (Fsp3) is 0.500. The van der Waals surface area contributed by atoms with Gasteiger partial charge in [0.1, 0.15) is 11.6 Å². The number of anilines is 1. The van der Waals surface area contributed by atoms with E-state index in [0.29, 0.717) is 11.9 Å². The maximum atomic E-state index is 6.06. The van der Waals surface area contributed by atoms with E-state index in [0.717, 1.165) is 36.4 Å². The van der Waals surface area contributed by atoms with E-state index >= 15 is 0 Å². The summed E-state index contributed by atoms with van der Waals surface area (Å²) in [5.41, 5.74) is 6.98. The van der Waals surface area contributed by atoms with E-state index in [1.165, 1.54) is 19.3 Å². The number of hydrogen-bond donors (Lipinski definition) is 2. The van der Waals surface area contributed by atoms with E-state index in [2.05, 4.69) is 27.2 Å². The van der Waals surface area contributed by atoms with Gasteiger partial charge >= 0.3 is 0 Å². The molecule has 0 spiro atoms. The number of aromatic nitrogens is 2. The van der Waals surface area contributed by atoms with Gasteiger partial charge in [-0.1, -0.05) is 12.1 Å². The van der Waals surface area contributed by atoms with Crippen LogP contribution in [0.15, 0.2) is 24.3 Å². The first-order valence-corrected chi connectivity index (χ1v) is 7.66. The fourth-order valence-corrected chi connectivity index (χ4v) is 3.02. The quantitative estimate of drug-likeness (QED) is 0.900. The smallest absolute Gasteiger partial charge is 0.145 e. The van der Waals surface area contributed by atoms with Crippen LogP contribution in [-0.2, 0) is 6.54 Å². The third-order valence-electron chi connectivity index (χ3n) is 4.24. The van der Waals surface area contributed by atoms with Crippen LogP contribution in [0.25, 0.3) is 10.9 Å². The van der Waals surface area contributed by atoms with Crippen LogP contribution in [0.2, 0.25) is 0 Å². The molecule has 1 atom stereocenters. The Balaban J connectivity index is 1.77. The third kappa shape index (κ3) is 3.31. The average molecular weight is 285 g/mol. The minimum Gasteiger partial charge on any atom is -0.383 e. The van der Waals surface area contributed by atoms with Gasteiger partial charge in [-0.2, -0.15) is 0 Å². The second-order valence-corrected chi connectivity index (χ2v) is 5.79. The molecule has 2 aromatic rings. The van der Waals surface area contributed by atoms with Gasteiger partial charge in [0.25, 0.3) is 0 Å². The van der Waals surface area contributed by atoms with Crippen LogP contribution < -0.4 is 11.1 Å². The summed E-state index contributed by atoms with van der Waals surface area (Å²) >= 11 is 0. The second-order valence-electron chi connectivity index (χ2n) is 5.79. The highest BCUT2D eigenvalue weighted by atomic mass is 15.2. The number of benzene rings is 1. The molecule has 0 aliphatic carbocycles. The van der Waals surface area contributed by atoms with Gasteiger partial charge in [-0.25, -0.2) is 9.97 Å². The van der Waals surface area contributed by atoms with E-state index < -0.39 is 0 Å². The highest BCUT2D eigenvalue weighted by Crippen LogP contribution is 2.19. The molecule has 0 radical (unpaired) electrons. The number of fused-ring (bicyclic) bond motifs is 1. The van der Waals surface area contributed by atoms with Crippen LogP contribution in [-0.4, -0.2) is 41.0 Å². The van der Waals surface area contributed by atoms with Gasteiger partial charge in [-0.05, 0) is 51.5 Å². The SMILES string of the molecule is CN(Cc1nc(N)c2ccccc2n1)C1CCCNCC1. The summed E-state index contributed by atoms with van der Waals surface area (Å²) in [5, 5.41) is 4.38. The van der Waals surface area contributed by atoms with Crippen molar-refractivity contribution in [3.05, 3.63) is 30.1 Å². The van der Waals surface area contributed by atoms with Crippen molar-refractivity contribution >= 4 is 16.7 Å². The highest BCUT2D eigenvalue weighted by molar-refractivity contribution is 5.87. The van der Waals surface area contributed by atoms with Crippen molar-refractivity contribution in [3.8, 4) is 0 Å². The van der Waals surface area contributed by atoms with E-state index in [4.69, 9.17) is 5.73 Å². The predicted octanol–water partition coefficient (Wildman–Crippen LogP) is 1.79. The largest absolute Gasteiger partial charge is 0.383 e. The second kappa shape index (κ2) is 6.37. The molecule has 1 aromatic heterocycles. The molecule has 0 bridgehead atoms. The zero-order chi connectivity index (χ0) is 14.7. The molecule has 3 N–H and O–H groups in total. The zero-order valence-corrected chi connectivity index (χ0v) is 12.5. The molecular formula is C16H23N5. The van der Waals surface area contributed by atoms with Crippen LogP contribution in [0.3, 0.4) is 0 Å². The summed E-state index contributed by atoms with van der Waals surface area (Å²) in [6, 6.07) is 8.50. The summed E-state index contributed by atoms with van der Waals surface area (Å²) in [5.74, 6) is 1.39. The number of para-hydroxylation sites is 1. The Morgan fingerprint density at radius 3 is 3.00 bits per heavy atom. The number of rotatable bonds is 3. The molecule has 3 rings (SSSR count). The van der Waals surface area contributed by atoms with Gasteiger partial charge in [-0.3, -0.25) is 4.90 Å². The maximum absolute atomic E-state index is 6.06. The summed E-state index contributed by atoms with van der Waals surface area (Å²) in [4.78, 5) is 11.5. The van der Waals surface area contributed by atoms with Crippen LogP contribution in [0.4, 0.5) is 5.82 Å². The lowest BCUT2D eigenvalue weighted by atomic mass is 10.1. The molecule has 2 heterocycles. The van der Waals surface area contributed by atoms with Crippen molar-refractivity contribution in [2.75, 3.05) is 25.9 Å². The molecule has 1 fully saturated rings. The number of nitrogens with two attached hydrogens (primary N) is 1. The minimum absolute atomic E-state index is 0.575. The summed E-state index contributed by atoms with van der Waals surface area (Å²) < 4.78 is 0. The maximum Gasteiger partial charge on any atom is 0.145 e. The van der Waals surface area contributed by atoms with Crippen LogP contribution in [0, 0.1) is 0 Å². The van der Waals surface area contributed by atoms with E-state index in [1.54, 1.807) is 0 Å². The first-order valence-electron chi connectivity index (χ1n) is 7.66. The highest BCUT2D eigenvalue weighted by Gasteiger charge is 2.18. The van der Waals surface area contributed by atoms with E-state index in [9.17, 15) is 0 Å². The van der Waals surface area contributed by atoms with Crippen molar-refractivity contribution in [2.45, 2.75) is 31.8 Å². The molecule has 1 unspecified atom stereocenters. The van der Waals surface area contributed by atoms with Gasteiger partial charge in [-0.15, -0.1) is 0 Å². The lowest BCUT2D eigenvalue weighted by Crippen LogP contribution is -2.32. The van der Waals surface area contributed by atoms with Crippen LogP contribution in [0.5, 0.6) is 0 Å². The third-order valence-corrected chi connectivity index (χ3v) is 4.24. The minimum atomic E-state index is 0.575. The molecule has 5 heteroatoms. The van der Waals surface area contributed by atoms with Gasteiger partial charge in [0, 0.05) is 11.4 Å². The van der Waals surface area contributed by atoms with Crippen molar-refractivity contribution in [1.29, 1.82) is 0 Å². The lowest BCUT2D eigenvalue weighted by molar-refractivity contribution is 0.212. The van der Waals surface area contributed by atoms with Gasteiger partial charge in [0.15, 0.2) is 0 Å². The number of nitrogen functional groups attached to an aromatic ring is 1. The molecule has 5 nitrogen and oxygen atoms in total. The molecule has 1 aromatic carbocycles. The summed E-state index contributed by atoms with van der Waals surface area (Å²) in [7, 11) is 2.16. The Labute approximate surface area is 125 Å². The Hall–Kier alpha value is -1.72. The van der Waals surface area contributed by atoms with Crippen molar-refractivity contribution in [3.63, 3.8) is 0 Å². The van der Waals surface area contributed by atoms with Crippen molar-refractivity contribution in [2.24, 2.45) is 0 Å². The first-order chi connectivity index (χ1) is 10.2. The zero-order valence-electron chi connectivity index (χ0n) is 12.5. The number of hydrogen-bond acceptors (Lipinski definition) is 5. The van der Waals surface area contributed by atoms with Crippen LogP contribution in [0.1, 0.15) is 25.1 Å². The average Bonchev–Trinajstić information content (AvgIpc) is 2.76. The summed E-state index contributed by atoms with van der Waals surface area (Å²) in [6.45, 7) is 2.97.